The van der Waals surface area contributed by atoms with Crippen molar-refractivity contribution in [1.29, 1.82) is 0 Å². The minimum absolute atomic E-state index is 0.167. The second kappa shape index (κ2) is 12.3. The highest BCUT2D eigenvalue weighted by atomic mass is 16.6. The van der Waals surface area contributed by atoms with E-state index in [-0.39, 0.29) is 17.9 Å². The van der Waals surface area contributed by atoms with Gasteiger partial charge in [0.1, 0.15) is 5.60 Å². The van der Waals surface area contributed by atoms with Gasteiger partial charge in [0.05, 0.1) is 6.04 Å². The van der Waals surface area contributed by atoms with Crippen LogP contribution in [0.1, 0.15) is 53.4 Å². The zero-order valence-corrected chi connectivity index (χ0v) is 20.6. The zero-order valence-electron chi connectivity index (χ0n) is 20.6. The van der Waals surface area contributed by atoms with Gasteiger partial charge in [0.15, 0.2) is 0 Å². The first-order valence-corrected chi connectivity index (χ1v) is 12.0. The van der Waals surface area contributed by atoms with Gasteiger partial charge >= 0.3 is 6.09 Å². The maximum atomic E-state index is 11.9. The van der Waals surface area contributed by atoms with E-state index in [0.29, 0.717) is 31.0 Å². The minimum atomic E-state index is -0.479. The summed E-state index contributed by atoms with van der Waals surface area (Å²) in [6.45, 7) is 14.4. The van der Waals surface area contributed by atoms with Gasteiger partial charge in [-0.2, -0.15) is 5.10 Å². The molecule has 1 amide bonds. The van der Waals surface area contributed by atoms with Gasteiger partial charge in [0.25, 0.3) is 0 Å². The average Bonchev–Trinajstić information content (AvgIpc) is 3.52. The topological polar surface area (TPSA) is 104 Å². The van der Waals surface area contributed by atoms with Crippen LogP contribution in [0.4, 0.5) is 4.79 Å². The number of hydrogen-bond acceptors (Lipinski definition) is 7. The number of carbonyl (C=O) groups is 1. The molecular formula is C24H44N6O2. The third-order valence-corrected chi connectivity index (χ3v) is 6.00. The number of aliphatic imine (C=N–C) groups is 1. The molecule has 0 radical (unpaired) electrons. The van der Waals surface area contributed by atoms with Gasteiger partial charge in [0.2, 0.25) is 0 Å². The van der Waals surface area contributed by atoms with Gasteiger partial charge < -0.3 is 21.1 Å². The molecule has 0 aromatic carbocycles. The molecule has 0 spiro atoms. The number of nitrogens with zero attached hydrogens (tertiary/aromatic N) is 3. The van der Waals surface area contributed by atoms with Crippen LogP contribution >= 0.6 is 0 Å². The van der Waals surface area contributed by atoms with Gasteiger partial charge in [-0.25, -0.2) is 4.79 Å². The van der Waals surface area contributed by atoms with Gasteiger partial charge in [-0.15, -0.1) is 0 Å². The van der Waals surface area contributed by atoms with E-state index in [1.54, 1.807) is 0 Å². The molecule has 8 nitrogen and oxygen atoms in total. The van der Waals surface area contributed by atoms with Gasteiger partial charge in [0, 0.05) is 56.1 Å². The Morgan fingerprint density at radius 3 is 2.53 bits per heavy atom. The fourth-order valence-electron chi connectivity index (χ4n) is 4.13. The van der Waals surface area contributed by atoms with Crippen molar-refractivity contribution in [2.45, 2.75) is 65.0 Å². The molecule has 0 aliphatic heterocycles. The van der Waals surface area contributed by atoms with Crippen LogP contribution in [0.5, 0.6) is 0 Å². The van der Waals surface area contributed by atoms with E-state index >= 15 is 0 Å². The lowest BCUT2D eigenvalue weighted by atomic mass is 9.80. The molecule has 0 heterocycles. The molecule has 2 atom stereocenters. The van der Waals surface area contributed by atoms with E-state index in [1.165, 1.54) is 18.6 Å². The smallest absolute Gasteiger partial charge is 0.407 e. The molecule has 4 N–H and O–H groups in total. The Balaban J connectivity index is 2.00. The maximum Gasteiger partial charge on any atom is 0.407 e. The standard InChI is InChI=1S/C24H44N6O2/c1-7-27-15-19(13-25)21(16-26-6)22(18-9-10-18)29-30(8-2)20-11-17(12-20)14-28-23(31)32-24(3,4)5/h8,15,17-21,26H,2,7,9-14,16,25H2,1,3-6H3,(H,28,31)/b27-15-,29-22-. The highest BCUT2D eigenvalue weighted by Crippen LogP contribution is 2.37. The lowest BCUT2D eigenvalue weighted by Crippen LogP contribution is -2.46. The van der Waals surface area contributed by atoms with Crippen molar-refractivity contribution in [1.82, 2.24) is 15.6 Å². The molecule has 182 valence electrons. The first-order chi connectivity index (χ1) is 15.2. The number of nitrogens with one attached hydrogen (secondary N) is 2. The Bertz CT molecular complexity index is 662. The molecule has 0 aromatic heterocycles. The summed E-state index contributed by atoms with van der Waals surface area (Å²) in [5.74, 6) is 1.33. The summed E-state index contributed by atoms with van der Waals surface area (Å²) in [4.78, 5) is 16.4. The van der Waals surface area contributed by atoms with Crippen molar-refractivity contribution in [3.05, 3.63) is 12.8 Å². The number of ether oxygens (including phenoxy) is 1. The van der Waals surface area contributed by atoms with Crippen LogP contribution in [0.25, 0.3) is 0 Å². The molecule has 2 saturated carbocycles. The first kappa shape index (κ1) is 26.3. The van der Waals surface area contributed by atoms with E-state index in [2.05, 4.69) is 22.2 Å². The van der Waals surface area contributed by atoms with Crippen LogP contribution in [0.2, 0.25) is 0 Å². The number of nitrogens with two attached hydrogens (primary N) is 1. The number of rotatable bonds is 13. The summed E-state index contributed by atoms with van der Waals surface area (Å²) < 4.78 is 5.32. The Kier molecular flexibility index (Phi) is 10.2. The third kappa shape index (κ3) is 8.20. The van der Waals surface area contributed by atoms with E-state index in [1.807, 2.05) is 52.2 Å². The Morgan fingerprint density at radius 1 is 1.34 bits per heavy atom. The summed E-state index contributed by atoms with van der Waals surface area (Å²) in [6.07, 6.45) is 7.79. The quantitative estimate of drug-likeness (QED) is 0.297. The van der Waals surface area contributed by atoms with Gasteiger partial charge in [-0.1, -0.05) is 6.58 Å². The highest BCUT2D eigenvalue weighted by Gasteiger charge is 2.38. The molecule has 32 heavy (non-hydrogen) atoms. The summed E-state index contributed by atoms with van der Waals surface area (Å²) in [5.41, 5.74) is 6.86. The SMILES string of the molecule is C=CN(/N=C(/C1CC1)C(CNC)C(/C=N\CC)CN)C1CC(CNC(=O)OC(C)(C)C)C1. The van der Waals surface area contributed by atoms with Crippen LogP contribution in [-0.2, 0) is 4.74 Å². The summed E-state index contributed by atoms with van der Waals surface area (Å²) in [6, 6.07) is 0.308. The Hall–Kier alpha value is -1.93. The fourth-order valence-corrected chi connectivity index (χ4v) is 4.13. The van der Waals surface area contributed by atoms with Gasteiger partial charge in [-0.05, 0) is 72.3 Å². The van der Waals surface area contributed by atoms with Crippen LogP contribution < -0.4 is 16.4 Å². The predicted molar refractivity (Wildman–Crippen MR) is 132 cm³/mol. The molecular weight excluding hydrogens is 404 g/mol. The van der Waals surface area contributed by atoms with Crippen molar-refractivity contribution < 1.29 is 9.53 Å². The maximum absolute atomic E-state index is 11.9. The van der Waals surface area contributed by atoms with Gasteiger partial charge in [-0.3, -0.25) is 10.0 Å². The molecule has 0 bridgehead atoms. The number of hydrazone groups is 1. The second-order valence-corrected chi connectivity index (χ2v) is 9.95. The van der Waals surface area contributed by atoms with Crippen LogP contribution in [0, 0.1) is 23.7 Å². The molecule has 2 aliphatic rings. The highest BCUT2D eigenvalue weighted by molar-refractivity contribution is 5.93. The molecule has 8 heteroatoms. The average molecular weight is 449 g/mol. The first-order valence-electron chi connectivity index (χ1n) is 12.0. The van der Waals surface area contributed by atoms with Crippen molar-refractivity contribution in [3.63, 3.8) is 0 Å². The summed E-state index contributed by atoms with van der Waals surface area (Å²) in [7, 11) is 1.97. The monoisotopic (exact) mass is 448 g/mol. The summed E-state index contributed by atoms with van der Waals surface area (Å²) in [5, 5.41) is 13.4. The Labute approximate surface area is 194 Å². The summed E-state index contributed by atoms with van der Waals surface area (Å²) >= 11 is 0. The van der Waals surface area contributed by atoms with E-state index in [4.69, 9.17) is 15.6 Å². The molecule has 2 unspecified atom stereocenters. The van der Waals surface area contributed by atoms with E-state index < -0.39 is 5.60 Å². The van der Waals surface area contributed by atoms with Crippen LogP contribution in [-0.4, -0.2) is 67.9 Å². The lowest BCUT2D eigenvalue weighted by Gasteiger charge is -2.41. The predicted octanol–water partition coefficient (Wildman–Crippen LogP) is 3.00. The molecule has 0 saturated heterocycles. The zero-order chi connectivity index (χ0) is 23.7. The molecule has 2 aliphatic carbocycles. The third-order valence-electron chi connectivity index (χ3n) is 6.00. The van der Waals surface area contributed by atoms with Crippen LogP contribution in [0.15, 0.2) is 22.9 Å². The number of carbonyl (C=O) groups excluding carboxylic acids is 1. The number of hydrogen-bond donors (Lipinski definition) is 3. The number of alkyl carbamates (subject to hydrolysis) is 1. The lowest BCUT2D eigenvalue weighted by molar-refractivity contribution is 0.0484. The Morgan fingerprint density at radius 2 is 2.03 bits per heavy atom. The molecule has 2 rings (SSSR count). The van der Waals surface area contributed by atoms with Crippen molar-refractivity contribution in [2.75, 3.05) is 33.2 Å². The molecule has 2 fully saturated rings. The van der Waals surface area contributed by atoms with E-state index in [0.717, 1.165) is 25.9 Å². The minimum Gasteiger partial charge on any atom is -0.444 e. The second-order valence-electron chi connectivity index (χ2n) is 9.95. The van der Waals surface area contributed by atoms with Crippen LogP contribution in [0.3, 0.4) is 0 Å². The largest absolute Gasteiger partial charge is 0.444 e. The molecule has 0 aromatic rings. The normalized spacial score (nSPS) is 23.4. The number of amides is 1. The van der Waals surface area contributed by atoms with Crippen molar-refractivity contribution in [3.8, 4) is 0 Å². The fraction of sp³-hybridized carbons (Fsp3) is 0.792. The van der Waals surface area contributed by atoms with Crippen molar-refractivity contribution >= 4 is 18.0 Å². The van der Waals surface area contributed by atoms with Crippen molar-refractivity contribution in [2.24, 2.45) is 39.5 Å². The van der Waals surface area contributed by atoms with E-state index in [9.17, 15) is 4.79 Å².